The van der Waals surface area contributed by atoms with Crippen LogP contribution in [-0.2, 0) is 6.54 Å². The highest BCUT2D eigenvalue weighted by molar-refractivity contribution is 5.94. The summed E-state index contributed by atoms with van der Waals surface area (Å²) in [6.07, 6.45) is 22.8. The molecule has 1 amide bonds. The molecule has 0 aliphatic heterocycles. The molecular formula is C31H54N4O. The molecule has 5 heteroatoms. The van der Waals surface area contributed by atoms with Crippen molar-refractivity contribution in [1.29, 1.82) is 0 Å². The molecule has 5 nitrogen and oxygen atoms in total. The monoisotopic (exact) mass is 498 g/mol. The normalized spacial score (nSPS) is 11.6. The van der Waals surface area contributed by atoms with Gasteiger partial charge in [-0.05, 0) is 45.6 Å². The van der Waals surface area contributed by atoms with E-state index in [0.717, 1.165) is 37.0 Å². The van der Waals surface area contributed by atoms with Gasteiger partial charge in [0.25, 0.3) is 5.91 Å². The molecular weight excluding hydrogens is 444 g/mol. The van der Waals surface area contributed by atoms with Gasteiger partial charge in [-0.2, -0.15) is 0 Å². The number of imidazole rings is 1. The molecule has 0 aliphatic carbocycles. The predicted octanol–water partition coefficient (Wildman–Crippen LogP) is 7.98. The molecule has 0 spiro atoms. The van der Waals surface area contributed by atoms with E-state index < -0.39 is 0 Å². The number of nitrogens with zero attached hydrogens (tertiary/aromatic N) is 3. The first kappa shape index (κ1) is 30.3. The lowest BCUT2D eigenvalue weighted by Gasteiger charge is -2.11. The molecule has 0 aliphatic rings. The number of carbonyl (C=O) groups is 1. The van der Waals surface area contributed by atoms with Crippen LogP contribution in [0.2, 0.25) is 0 Å². The van der Waals surface area contributed by atoms with Crippen molar-refractivity contribution in [2.45, 2.75) is 123 Å². The standard InChI is InChI=1S/C31H54N4O/c1-4-5-6-7-8-9-10-11-12-13-14-15-16-17-18-21-27-35-29-24-20-19-23-28(29)33-30(35)31(36)32-25-22-26-34(2)3/h19-20,23-24H,4-18,21-22,25-27H2,1-3H3,(H,32,36). The van der Waals surface area contributed by atoms with E-state index in [4.69, 9.17) is 0 Å². The van der Waals surface area contributed by atoms with Gasteiger partial charge in [0, 0.05) is 13.1 Å². The van der Waals surface area contributed by atoms with Gasteiger partial charge in [0.05, 0.1) is 11.0 Å². The Balaban J connectivity index is 1.58. The van der Waals surface area contributed by atoms with Crippen molar-refractivity contribution >= 4 is 16.9 Å². The molecule has 36 heavy (non-hydrogen) atoms. The van der Waals surface area contributed by atoms with E-state index in [-0.39, 0.29) is 5.91 Å². The molecule has 2 rings (SSSR count). The van der Waals surface area contributed by atoms with Crippen molar-refractivity contribution < 1.29 is 4.79 Å². The average Bonchev–Trinajstić information content (AvgIpc) is 3.25. The zero-order valence-electron chi connectivity index (χ0n) is 23.7. The Kier molecular flexibility index (Phi) is 16.2. The Bertz CT molecular complexity index is 829. The zero-order valence-corrected chi connectivity index (χ0v) is 23.7. The molecule has 0 bridgehead atoms. The Hall–Kier alpha value is -1.88. The van der Waals surface area contributed by atoms with Gasteiger partial charge in [-0.1, -0.05) is 115 Å². The largest absolute Gasteiger partial charge is 0.349 e. The molecule has 0 fully saturated rings. The van der Waals surface area contributed by atoms with E-state index in [9.17, 15) is 4.79 Å². The first-order valence-corrected chi connectivity index (χ1v) is 15.0. The molecule has 1 aromatic carbocycles. The van der Waals surface area contributed by atoms with Crippen LogP contribution in [0.4, 0.5) is 0 Å². The number of aromatic nitrogens is 2. The smallest absolute Gasteiger partial charge is 0.287 e. The van der Waals surface area contributed by atoms with Gasteiger partial charge >= 0.3 is 0 Å². The number of rotatable bonds is 22. The SMILES string of the molecule is CCCCCCCCCCCCCCCCCCn1c(C(=O)NCCCN(C)C)nc2ccccc21. The second kappa shape index (κ2) is 19.3. The summed E-state index contributed by atoms with van der Waals surface area (Å²) in [4.78, 5) is 19.6. The number of para-hydroxylation sites is 2. The van der Waals surface area contributed by atoms with Crippen molar-refractivity contribution in [2.24, 2.45) is 0 Å². The molecule has 1 aromatic heterocycles. The van der Waals surface area contributed by atoms with Crippen LogP contribution in [0.25, 0.3) is 11.0 Å². The number of amides is 1. The minimum absolute atomic E-state index is 0.0542. The van der Waals surface area contributed by atoms with Crippen LogP contribution in [-0.4, -0.2) is 47.5 Å². The number of hydrogen-bond donors (Lipinski definition) is 1. The summed E-state index contributed by atoms with van der Waals surface area (Å²) < 4.78 is 2.13. The van der Waals surface area contributed by atoms with Crippen molar-refractivity contribution in [3.05, 3.63) is 30.1 Å². The molecule has 2 aromatic rings. The molecule has 204 valence electrons. The highest BCUT2D eigenvalue weighted by atomic mass is 16.2. The zero-order chi connectivity index (χ0) is 25.8. The summed E-state index contributed by atoms with van der Waals surface area (Å²) in [5.41, 5.74) is 1.98. The Morgan fingerprint density at radius 3 is 1.86 bits per heavy atom. The van der Waals surface area contributed by atoms with Crippen LogP contribution in [0.3, 0.4) is 0 Å². The molecule has 0 saturated carbocycles. The van der Waals surface area contributed by atoms with Crippen LogP contribution >= 0.6 is 0 Å². The number of hydrogen-bond acceptors (Lipinski definition) is 3. The molecule has 0 radical (unpaired) electrons. The lowest BCUT2D eigenvalue weighted by atomic mass is 10.0. The third kappa shape index (κ3) is 12.4. The molecule has 0 atom stereocenters. The second-order valence-corrected chi connectivity index (χ2v) is 10.8. The lowest BCUT2D eigenvalue weighted by Crippen LogP contribution is -2.29. The number of aryl methyl sites for hydroxylation is 1. The van der Waals surface area contributed by atoms with Crippen LogP contribution in [0.5, 0.6) is 0 Å². The quantitative estimate of drug-likeness (QED) is 0.167. The molecule has 1 heterocycles. The van der Waals surface area contributed by atoms with Crippen molar-refractivity contribution in [3.8, 4) is 0 Å². The first-order chi connectivity index (χ1) is 17.6. The summed E-state index contributed by atoms with van der Waals surface area (Å²) >= 11 is 0. The summed E-state index contributed by atoms with van der Waals surface area (Å²) in [7, 11) is 4.11. The van der Waals surface area contributed by atoms with E-state index in [1.165, 1.54) is 96.3 Å². The van der Waals surface area contributed by atoms with Crippen molar-refractivity contribution in [3.63, 3.8) is 0 Å². The van der Waals surface area contributed by atoms with E-state index in [2.05, 4.69) is 46.9 Å². The number of benzene rings is 1. The summed E-state index contributed by atoms with van der Waals surface area (Å²) in [5, 5.41) is 3.06. The van der Waals surface area contributed by atoms with E-state index >= 15 is 0 Å². The van der Waals surface area contributed by atoms with Crippen LogP contribution in [0.1, 0.15) is 127 Å². The van der Waals surface area contributed by atoms with Gasteiger partial charge in [-0.15, -0.1) is 0 Å². The fourth-order valence-electron chi connectivity index (χ4n) is 4.97. The number of nitrogens with one attached hydrogen (secondary N) is 1. The van der Waals surface area contributed by atoms with Gasteiger partial charge in [-0.3, -0.25) is 4.79 Å². The minimum atomic E-state index is -0.0542. The summed E-state index contributed by atoms with van der Waals surface area (Å²) in [6.45, 7) is 4.80. The maximum absolute atomic E-state index is 12.8. The van der Waals surface area contributed by atoms with E-state index in [1.807, 2.05) is 18.2 Å². The highest BCUT2D eigenvalue weighted by Crippen LogP contribution is 2.18. The predicted molar refractivity (Wildman–Crippen MR) is 155 cm³/mol. The van der Waals surface area contributed by atoms with Gasteiger partial charge in [0.1, 0.15) is 0 Å². The van der Waals surface area contributed by atoms with Crippen LogP contribution < -0.4 is 5.32 Å². The summed E-state index contributed by atoms with van der Waals surface area (Å²) in [6, 6.07) is 8.11. The molecule has 1 N–H and O–H groups in total. The van der Waals surface area contributed by atoms with E-state index in [1.54, 1.807) is 0 Å². The van der Waals surface area contributed by atoms with Crippen molar-refractivity contribution in [1.82, 2.24) is 19.8 Å². The molecule has 0 unspecified atom stereocenters. The van der Waals surface area contributed by atoms with Crippen LogP contribution in [0, 0.1) is 0 Å². The van der Waals surface area contributed by atoms with Crippen LogP contribution in [0.15, 0.2) is 24.3 Å². The first-order valence-electron chi connectivity index (χ1n) is 15.0. The van der Waals surface area contributed by atoms with Gasteiger partial charge in [0.15, 0.2) is 5.82 Å². The maximum atomic E-state index is 12.8. The minimum Gasteiger partial charge on any atom is -0.349 e. The molecule has 0 saturated heterocycles. The fraction of sp³-hybridized carbons (Fsp3) is 0.742. The third-order valence-electron chi connectivity index (χ3n) is 7.16. The van der Waals surface area contributed by atoms with E-state index in [0.29, 0.717) is 12.4 Å². The highest BCUT2D eigenvalue weighted by Gasteiger charge is 2.16. The number of unbranched alkanes of at least 4 members (excludes halogenated alkanes) is 15. The van der Waals surface area contributed by atoms with Gasteiger partial charge in [0.2, 0.25) is 0 Å². The topological polar surface area (TPSA) is 50.2 Å². The number of fused-ring (bicyclic) bond motifs is 1. The fourth-order valence-corrected chi connectivity index (χ4v) is 4.97. The van der Waals surface area contributed by atoms with Crippen molar-refractivity contribution in [2.75, 3.05) is 27.2 Å². The second-order valence-electron chi connectivity index (χ2n) is 10.8. The van der Waals surface area contributed by atoms with Gasteiger partial charge in [-0.25, -0.2) is 4.98 Å². The Morgan fingerprint density at radius 1 is 0.778 bits per heavy atom. The average molecular weight is 499 g/mol. The maximum Gasteiger partial charge on any atom is 0.287 e. The summed E-state index contributed by atoms with van der Waals surface area (Å²) in [5.74, 6) is 0.503. The lowest BCUT2D eigenvalue weighted by molar-refractivity contribution is 0.0938. The van der Waals surface area contributed by atoms with Gasteiger partial charge < -0.3 is 14.8 Å². The Labute approximate surface area is 221 Å². The third-order valence-corrected chi connectivity index (χ3v) is 7.16. The Morgan fingerprint density at radius 2 is 1.31 bits per heavy atom. The number of carbonyl (C=O) groups excluding carboxylic acids is 1.